The summed E-state index contributed by atoms with van der Waals surface area (Å²) in [4.78, 5) is 41.7. The van der Waals surface area contributed by atoms with Crippen LogP contribution < -0.4 is 5.56 Å². The fourth-order valence-electron chi connectivity index (χ4n) is 5.83. The molecule has 0 spiro atoms. The Balaban J connectivity index is 1.20. The second-order valence-electron chi connectivity index (χ2n) is 10.9. The molecule has 18 nitrogen and oxygen atoms in total. The number of phosphoric ester groups is 1. The molecule has 4 aliphatic rings. The van der Waals surface area contributed by atoms with Crippen molar-refractivity contribution < 1.29 is 46.4 Å². The first-order chi connectivity index (χ1) is 21.2. The first kappa shape index (κ1) is 30.9. The molecule has 0 aromatic carbocycles. The van der Waals surface area contributed by atoms with Crippen LogP contribution in [-0.2, 0) is 39.0 Å². The number of aryl methyl sites for hydroxylation is 1. The Morgan fingerprint density at radius 2 is 1.82 bits per heavy atom. The summed E-state index contributed by atoms with van der Waals surface area (Å²) in [5.74, 6) is 0.335. The number of nitrogens with zero attached hydrogens (tertiary/aromatic N) is 8. The molecule has 242 valence electrons. The van der Waals surface area contributed by atoms with Gasteiger partial charge in [-0.3, -0.25) is 27.5 Å². The molecule has 3 aromatic heterocycles. The minimum Gasteiger partial charge on any atom is -0.388 e. The van der Waals surface area contributed by atoms with Gasteiger partial charge in [-0.1, -0.05) is 18.8 Å². The lowest BCUT2D eigenvalue weighted by molar-refractivity contribution is -0.0603. The van der Waals surface area contributed by atoms with Crippen molar-refractivity contribution in [3.8, 4) is 0 Å². The Morgan fingerprint density at radius 1 is 1.07 bits per heavy atom. The van der Waals surface area contributed by atoms with Crippen LogP contribution in [0.3, 0.4) is 0 Å². The smallest absolute Gasteiger partial charge is 0.388 e. The number of aliphatic imine (C=N–C) groups is 1. The number of halogens is 1. The normalized spacial score (nSPS) is 38.6. The van der Waals surface area contributed by atoms with E-state index >= 15 is 4.39 Å². The van der Waals surface area contributed by atoms with Crippen molar-refractivity contribution in [1.29, 1.82) is 0 Å². The van der Waals surface area contributed by atoms with Crippen molar-refractivity contribution in [2.75, 3.05) is 13.7 Å². The number of hydrogen-bond acceptors (Lipinski definition) is 14. The zero-order valence-electron chi connectivity index (χ0n) is 23.5. The molecule has 2 saturated heterocycles. The molecule has 0 radical (unpaired) electrons. The summed E-state index contributed by atoms with van der Waals surface area (Å²) in [5.41, 5.74) is 0.411. The third-order valence-electron chi connectivity index (χ3n) is 8.11. The maximum Gasteiger partial charge on any atom is 0.472 e. The molecule has 2 bridgehead atoms. The maximum atomic E-state index is 16.1. The van der Waals surface area contributed by atoms with Crippen LogP contribution in [0.4, 0.5) is 10.2 Å². The van der Waals surface area contributed by atoms with E-state index < -0.39 is 75.7 Å². The van der Waals surface area contributed by atoms with E-state index in [-0.39, 0.29) is 17.6 Å². The predicted octanol–water partition coefficient (Wildman–Crippen LogP) is 1.47. The monoisotopic (exact) mass is 688 g/mol. The molecule has 2 unspecified atom stereocenters. The van der Waals surface area contributed by atoms with E-state index in [1.807, 2.05) is 0 Å². The summed E-state index contributed by atoms with van der Waals surface area (Å²) in [6, 6.07) is -0.920. The second kappa shape index (κ2) is 10.9. The Hall–Kier alpha value is -2.77. The standard InChI is InChI=1S/C23H27FN8O10P2S/c1-10-15-20(27-6-29(10)2)31(8-25-15)11-4-12-17(33)18(11)41-43(35,36)38-5-13-19(42-44(37,45)40-12)14(24)23(39-13)32-9-26-16-21(32)28-7-30(3)22(16)34/h6-9,11-14,17-19,23,33H,1,4-5H2,2-3H3,(H,35,36)(H,37,45)/t11-,12+,13-,14-,17-,18+,19-,23-,44?/m1/s1. The zero-order chi connectivity index (χ0) is 32.0. The van der Waals surface area contributed by atoms with E-state index in [2.05, 4.69) is 38.8 Å². The molecule has 10 atom stereocenters. The molecule has 2 N–H and O–H groups in total. The van der Waals surface area contributed by atoms with Crippen LogP contribution in [0.25, 0.3) is 16.9 Å². The number of fused-ring (bicyclic) bond motifs is 5. The summed E-state index contributed by atoms with van der Waals surface area (Å²) in [6.07, 6.45) is -6.09. The summed E-state index contributed by atoms with van der Waals surface area (Å²) >= 11 is 4.06. The summed E-state index contributed by atoms with van der Waals surface area (Å²) in [6.45, 7) is -1.27. The van der Waals surface area contributed by atoms with Crippen LogP contribution in [-0.4, -0.2) is 100 Å². The average Bonchev–Trinajstić information content (AvgIpc) is 3.73. The third kappa shape index (κ3) is 5.22. The predicted molar refractivity (Wildman–Crippen MR) is 155 cm³/mol. The minimum atomic E-state index is -4.98. The first-order valence-corrected chi connectivity index (χ1v) is 17.7. The van der Waals surface area contributed by atoms with E-state index in [9.17, 15) is 23.9 Å². The topological polar surface area (TPSA) is 207 Å². The number of ether oxygens (including phenoxy) is 1. The molecule has 3 aliphatic heterocycles. The van der Waals surface area contributed by atoms with E-state index in [4.69, 9.17) is 22.8 Å². The number of imidazole rings is 2. The lowest BCUT2D eigenvalue weighted by Crippen LogP contribution is -2.37. The molecule has 6 heterocycles. The Labute approximate surface area is 258 Å². The number of thiol groups is 1. The third-order valence-corrected chi connectivity index (χ3v) is 10.7. The van der Waals surface area contributed by atoms with Gasteiger partial charge >= 0.3 is 14.6 Å². The highest BCUT2D eigenvalue weighted by molar-refractivity contribution is 8.44. The van der Waals surface area contributed by atoms with Crippen LogP contribution in [0.15, 0.2) is 35.3 Å². The average molecular weight is 689 g/mol. The zero-order valence-corrected chi connectivity index (χ0v) is 26.2. The summed E-state index contributed by atoms with van der Waals surface area (Å²) in [5, 5.41) is 11.2. The Kier molecular flexibility index (Phi) is 7.48. The first-order valence-electron chi connectivity index (χ1n) is 13.5. The fraction of sp³-hybridized carbons (Fsp3) is 0.522. The summed E-state index contributed by atoms with van der Waals surface area (Å²) in [7, 11) is -1.78. The van der Waals surface area contributed by atoms with Crippen molar-refractivity contribution in [3.05, 3.63) is 41.6 Å². The van der Waals surface area contributed by atoms with Gasteiger partial charge in [-0.2, -0.15) is 0 Å². The number of aromatic nitrogens is 6. The molecular formula is C23H27FN8O10P2S. The molecule has 3 fully saturated rings. The van der Waals surface area contributed by atoms with Crippen molar-refractivity contribution in [2.45, 2.75) is 55.4 Å². The van der Waals surface area contributed by atoms with Gasteiger partial charge in [-0.05, 0) is 0 Å². The fourth-order valence-corrected chi connectivity index (χ4v) is 8.65. The molecule has 7 rings (SSSR count). The SMILES string of the molecule is C=C1c2ncn([C@@H]3C[C@@H]4OP(=O)(S)O[C@H]5[C@@H](F)[C@H](n6cnc7c(=O)n(C)cnc76)O[C@@H]5COP(=O)(O)O[C@@H]3[C@@H]4O)c2N=CN1C. The molecule has 22 heteroatoms. The van der Waals surface area contributed by atoms with E-state index in [0.29, 0.717) is 17.2 Å². The van der Waals surface area contributed by atoms with Crippen LogP contribution in [0.2, 0.25) is 0 Å². The van der Waals surface area contributed by atoms with Crippen molar-refractivity contribution in [1.82, 2.24) is 33.6 Å². The highest BCUT2D eigenvalue weighted by Crippen LogP contribution is 2.61. The highest BCUT2D eigenvalue weighted by Gasteiger charge is 2.55. The van der Waals surface area contributed by atoms with E-state index in [1.54, 1.807) is 11.9 Å². The number of phosphoric acid groups is 1. The Bertz CT molecular complexity index is 1880. The van der Waals surface area contributed by atoms with Gasteiger partial charge in [0.25, 0.3) is 5.56 Å². The van der Waals surface area contributed by atoms with Crippen LogP contribution in [0, 0.1) is 0 Å². The molecule has 3 aromatic rings. The number of aliphatic hydroxyl groups excluding tert-OH is 1. The number of aliphatic hydroxyl groups is 1. The minimum absolute atomic E-state index is 0.00169. The van der Waals surface area contributed by atoms with Gasteiger partial charge in [0.05, 0.1) is 49.8 Å². The van der Waals surface area contributed by atoms with Gasteiger partial charge in [0.15, 0.2) is 29.4 Å². The van der Waals surface area contributed by atoms with Crippen LogP contribution >= 0.6 is 26.9 Å². The highest BCUT2D eigenvalue weighted by atomic mass is 32.7. The van der Waals surface area contributed by atoms with Crippen molar-refractivity contribution in [3.63, 3.8) is 0 Å². The van der Waals surface area contributed by atoms with Gasteiger partial charge in [0, 0.05) is 20.5 Å². The van der Waals surface area contributed by atoms with E-state index in [1.165, 1.54) is 35.2 Å². The number of alkyl halides is 1. The number of hydrogen-bond donors (Lipinski definition) is 3. The largest absolute Gasteiger partial charge is 0.472 e. The second-order valence-corrected chi connectivity index (χ2v) is 15.2. The molecular weight excluding hydrogens is 661 g/mol. The van der Waals surface area contributed by atoms with E-state index in [0.717, 1.165) is 10.9 Å². The van der Waals surface area contributed by atoms with Gasteiger partial charge in [-0.15, -0.1) is 0 Å². The maximum absolute atomic E-state index is 16.1. The van der Waals surface area contributed by atoms with Gasteiger partial charge in [-0.25, -0.2) is 33.5 Å². The van der Waals surface area contributed by atoms with Crippen LogP contribution in [0.5, 0.6) is 0 Å². The van der Waals surface area contributed by atoms with Crippen molar-refractivity contribution >= 4 is 55.9 Å². The summed E-state index contributed by atoms with van der Waals surface area (Å²) < 4.78 is 74.4. The van der Waals surface area contributed by atoms with Gasteiger partial charge < -0.3 is 28.8 Å². The molecule has 1 aliphatic carbocycles. The van der Waals surface area contributed by atoms with Gasteiger partial charge in [0.1, 0.15) is 30.1 Å². The molecule has 45 heavy (non-hydrogen) atoms. The van der Waals surface area contributed by atoms with Crippen LogP contribution in [0.1, 0.15) is 24.4 Å². The van der Waals surface area contributed by atoms with Gasteiger partial charge in [0.2, 0.25) is 0 Å². The number of rotatable bonds is 2. The van der Waals surface area contributed by atoms with Crippen molar-refractivity contribution in [2.24, 2.45) is 12.0 Å². The molecule has 1 saturated carbocycles. The Morgan fingerprint density at radius 3 is 2.60 bits per heavy atom. The lowest BCUT2D eigenvalue weighted by atomic mass is 10.1. The quantitative estimate of drug-likeness (QED) is 0.258. The molecule has 0 amide bonds. The lowest BCUT2D eigenvalue weighted by Gasteiger charge is -2.29.